The van der Waals surface area contributed by atoms with Gasteiger partial charge in [0.15, 0.2) is 10.9 Å². The number of nitrogens with zero attached hydrogens (tertiary/aromatic N) is 2. The number of hydrogen-bond donors (Lipinski definition) is 1. The summed E-state index contributed by atoms with van der Waals surface area (Å²) in [6, 6.07) is 4.63. The van der Waals surface area contributed by atoms with Crippen LogP contribution in [0.2, 0.25) is 0 Å². The van der Waals surface area contributed by atoms with E-state index in [0.717, 1.165) is 4.88 Å². The minimum Gasteiger partial charge on any atom is -0.481 e. The lowest BCUT2D eigenvalue weighted by atomic mass is 10.3. The van der Waals surface area contributed by atoms with E-state index in [-0.39, 0.29) is 18.0 Å². The first-order valence-corrected chi connectivity index (χ1v) is 6.44. The molecule has 0 atom stereocenters. The molecule has 0 amide bonds. The number of benzene rings is 1. The Morgan fingerprint density at radius 1 is 1.56 bits per heavy atom. The van der Waals surface area contributed by atoms with E-state index in [2.05, 4.69) is 20.9 Å². The van der Waals surface area contributed by atoms with Crippen molar-refractivity contribution in [3.05, 3.63) is 43.9 Å². The molecule has 0 saturated heterocycles. The number of aromatic nitrogens is 1. The lowest BCUT2D eigenvalue weighted by Crippen LogP contribution is -1.97. The molecule has 1 aromatic heterocycles. The van der Waals surface area contributed by atoms with Crippen LogP contribution < -0.4 is 10.5 Å². The van der Waals surface area contributed by atoms with Crippen molar-refractivity contribution < 1.29 is 9.66 Å². The number of nitrogen functional groups attached to an aromatic ring is 1. The van der Waals surface area contributed by atoms with Crippen molar-refractivity contribution >= 4 is 38.1 Å². The Balaban J connectivity index is 2.16. The highest BCUT2D eigenvalue weighted by molar-refractivity contribution is 9.10. The van der Waals surface area contributed by atoms with E-state index in [1.807, 2.05) is 0 Å². The molecule has 2 N–H and O–H groups in total. The molecule has 0 aliphatic carbocycles. The van der Waals surface area contributed by atoms with E-state index in [0.29, 0.717) is 9.60 Å². The molecule has 0 radical (unpaired) electrons. The topological polar surface area (TPSA) is 91.3 Å². The largest absolute Gasteiger partial charge is 0.481 e. The third-order valence-corrected chi connectivity index (χ3v) is 3.35. The van der Waals surface area contributed by atoms with Crippen LogP contribution in [0.3, 0.4) is 0 Å². The van der Waals surface area contributed by atoms with Crippen LogP contribution in [0, 0.1) is 10.1 Å². The van der Waals surface area contributed by atoms with Crippen molar-refractivity contribution in [3.63, 3.8) is 0 Å². The standard InChI is InChI=1S/C10H8BrN3O3S/c11-6-1-2-9(8(3-6)14(15)16)17-5-7-4-13-10(12)18-7/h1-4H,5H2,(H2,12,13). The zero-order chi connectivity index (χ0) is 13.1. The molecule has 0 fully saturated rings. The summed E-state index contributed by atoms with van der Waals surface area (Å²) in [7, 11) is 0. The van der Waals surface area contributed by atoms with E-state index in [9.17, 15) is 10.1 Å². The molecular formula is C10H8BrN3O3S. The smallest absolute Gasteiger partial charge is 0.312 e. The molecule has 6 nitrogen and oxygen atoms in total. The van der Waals surface area contributed by atoms with Crippen molar-refractivity contribution in [1.29, 1.82) is 0 Å². The molecule has 1 aromatic carbocycles. The Bertz CT molecular complexity index is 587. The van der Waals surface area contributed by atoms with Gasteiger partial charge in [0.1, 0.15) is 6.61 Å². The molecule has 0 spiro atoms. The minimum atomic E-state index is -0.485. The number of halogens is 1. The average Bonchev–Trinajstić information content (AvgIpc) is 2.73. The molecule has 94 valence electrons. The van der Waals surface area contributed by atoms with E-state index in [1.165, 1.54) is 17.4 Å². The maximum Gasteiger partial charge on any atom is 0.312 e. The monoisotopic (exact) mass is 329 g/mol. The van der Waals surface area contributed by atoms with Gasteiger partial charge in [-0.15, -0.1) is 0 Å². The minimum absolute atomic E-state index is 0.0816. The van der Waals surface area contributed by atoms with E-state index in [1.54, 1.807) is 18.3 Å². The van der Waals surface area contributed by atoms with Crippen LogP contribution in [-0.4, -0.2) is 9.91 Å². The normalized spacial score (nSPS) is 10.3. The summed E-state index contributed by atoms with van der Waals surface area (Å²) in [5.74, 6) is 0.218. The molecule has 2 aromatic rings. The van der Waals surface area contributed by atoms with Gasteiger partial charge < -0.3 is 10.5 Å². The van der Waals surface area contributed by atoms with Crippen LogP contribution in [0.4, 0.5) is 10.8 Å². The molecular weight excluding hydrogens is 322 g/mol. The second-order valence-corrected chi connectivity index (χ2v) is 5.39. The second-order valence-electron chi connectivity index (χ2n) is 3.32. The van der Waals surface area contributed by atoms with Crippen molar-refractivity contribution in [2.24, 2.45) is 0 Å². The SMILES string of the molecule is Nc1ncc(COc2ccc(Br)cc2[N+](=O)[O-])s1. The fraction of sp³-hybridized carbons (Fsp3) is 0.100. The number of rotatable bonds is 4. The predicted molar refractivity (Wildman–Crippen MR) is 71.7 cm³/mol. The first kappa shape index (κ1) is 12.8. The van der Waals surface area contributed by atoms with Crippen LogP contribution in [0.1, 0.15) is 4.88 Å². The second kappa shape index (κ2) is 5.32. The van der Waals surface area contributed by atoms with E-state index >= 15 is 0 Å². The highest BCUT2D eigenvalue weighted by Crippen LogP contribution is 2.31. The first-order valence-electron chi connectivity index (χ1n) is 4.83. The van der Waals surface area contributed by atoms with Gasteiger partial charge >= 0.3 is 5.69 Å². The third-order valence-electron chi connectivity index (χ3n) is 2.06. The summed E-state index contributed by atoms with van der Waals surface area (Å²) in [6.07, 6.45) is 1.59. The van der Waals surface area contributed by atoms with E-state index in [4.69, 9.17) is 10.5 Å². The Hall–Kier alpha value is -1.67. The van der Waals surface area contributed by atoms with Crippen molar-refractivity contribution in [2.75, 3.05) is 5.73 Å². The molecule has 0 saturated carbocycles. The Labute approximate surface area is 115 Å². The molecule has 0 aliphatic heterocycles. The van der Waals surface area contributed by atoms with Crippen LogP contribution in [0.15, 0.2) is 28.9 Å². The van der Waals surface area contributed by atoms with Crippen LogP contribution in [0.5, 0.6) is 5.75 Å². The number of nitro groups is 1. The maximum atomic E-state index is 10.9. The average molecular weight is 330 g/mol. The summed E-state index contributed by atoms with van der Waals surface area (Å²) in [4.78, 5) is 15.1. The van der Waals surface area contributed by atoms with Gasteiger partial charge in [-0.2, -0.15) is 0 Å². The maximum absolute atomic E-state index is 10.9. The summed E-state index contributed by atoms with van der Waals surface area (Å²) in [5.41, 5.74) is 5.40. The van der Waals surface area contributed by atoms with Crippen LogP contribution in [-0.2, 0) is 6.61 Å². The van der Waals surface area contributed by atoms with Gasteiger partial charge in [0.2, 0.25) is 0 Å². The molecule has 0 aliphatic rings. The van der Waals surface area contributed by atoms with Gasteiger partial charge in [-0.3, -0.25) is 10.1 Å². The molecule has 18 heavy (non-hydrogen) atoms. The summed E-state index contributed by atoms with van der Waals surface area (Å²) < 4.78 is 6.03. The van der Waals surface area contributed by atoms with Gasteiger partial charge in [0.25, 0.3) is 0 Å². The van der Waals surface area contributed by atoms with Gasteiger partial charge in [0.05, 0.1) is 9.80 Å². The summed E-state index contributed by atoms with van der Waals surface area (Å²) in [6.45, 7) is 0.206. The third kappa shape index (κ3) is 2.96. The van der Waals surface area contributed by atoms with Gasteiger partial charge in [-0.1, -0.05) is 27.3 Å². The van der Waals surface area contributed by atoms with Crippen LogP contribution >= 0.6 is 27.3 Å². The zero-order valence-corrected chi connectivity index (χ0v) is 11.4. The lowest BCUT2D eigenvalue weighted by Gasteiger charge is -2.05. The number of nitrogens with two attached hydrogens (primary N) is 1. The van der Waals surface area contributed by atoms with Crippen molar-refractivity contribution in [1.82, 2.24) is 4.98 Å². The first-order chi connectivity index (χ1) is 8.56. The molecule has 8 heteroatoms. The Kier molecular flexibility index (Phi) is 3.78. The van der Waals surface area contributed by atoms with Gasteiger partial charge in [0, 0.05) is 16.7 Å². The number of anilines is 1. The highest BCUT2D eigenvalue weighted by Gasteiger charge is 2.15. The number of nitro benzene ring substituents is 1. The Morgan fingerprint density at radius 2 is 2.33 bits per heavy atom. The van der Waals surface area contributed by atoms with Crippen molar-refractivity contribution in [2.45, 2.75) is 6.61 Å². The quantitative estimate of drug-likeness (QED) is 0.687. The number of ether oxygens (including phenoxy) is 1. The number of hydrogen-bond acceptors (Lipinski definition) is 6. The Morgan fingerprint density at radius 3 is 2.94 bits per heavy atom. The summed E-state index contributed by atoms with van der Waals surface area (Å²) in [5, 5.41) is 11.3. The fourth-order valence-corrected chi connectivity index (χ4v) is 2.24. The fourth-order valence-electron chi connectivity index (χ4n) is 1.29. The van der Waals surface area contributed by atoms with E-state index < -0.39 is 4.92 Å². The molecule has 2 rings (SSSR count). The van der Waals surface area contributed by atoms with Gasteiger partial charge in [-0.25, -0.2) is 4.98 Å². The van der Waals surface area contributed by atoms with Crippen molar-refractivity contribution in [3.8, 4) is 5.75 Å². The molecule has 1 heterocycles. The highest BCUT2D eigenvalue weighted by atomic mass is 79.9. The van der Waals surface area contributed by atoms with Gasteiger partial charge in [-0.05, 0) is 12.1 Å². The molecule has 0 bridgehead atoms. The molecule has 0 unspecified atom stereocenters. The number of thiazole rings is 1. The van der Waals surface area contributed by atoms with Crippen LogP contribution in [0.25, 0.3) is 0 Å². The zero-order valence-electron chi connectivity index (χ0n) is 9.00. The summed E-state index contributed by atoms with van der Waals surface area (Å²) >= 11 is 4.47. The lowest BCUT2D eigenvalue weighted by molar-refractivity contribution is -0.386. The predicted octanol–water partition coefficient (Wildman–Crippen LogP) is 2.98.